The predicted octanol–water partition coefficient (Wildman–Crippen LogP) is 10.5. The standard InChI is InChI=1S/C20H33N.C12H15ClO.C4H10O.C2H2/c1-7-18-11-13-19(14-12-18)17(5)15-21(10-4)16-20(6,8-2)9-3;1-8(2)6-11-5-4-10(9(3)14)7-12(11)13;1-2-3-4-5;1-2/h11-15H,7-10,16H2,1-6H3;4-5,7-8H,6H2,1-3H3;5H,2-4H2,1H3;1-2H/b17-15+;;;. The summed E-state index contributed by atoms with van der Waals surface area (Å²) in [5, 5.41) is 8.77. The molecule has 0 amide bonds. The molecule has 0 radical (unpaired) electrons. The first kappa shape index (κ1) is 41.6. The van der Waals surface area contributed by atoms with E-state index >= 15 is 0 Å². The number of aliphatic hydroxyl groups excluding tert-OH is 1. The van der Waals surface area contributed by atoms with Gasteiger partial charge < -0.3 is 10.0 Å². The number of allylic oxidation sites excluding steroid dienone is 1. The number of nitrogens with zero attached hydrogens (tertiary/aromatic N) is 1. The van der Waals surface area contributed by atoms with E-state index in [9.17, 15) is 4.79 Å². The van der Waals surface area contributed by atoms with Crippen LogP contribution in [-0.2, 0) is 12.8 Å². The first-order valence-corrected chi connectivity index (χ1v) is 16.0. The lowest BCUT2D eigenvalue weighted by molar-refractivity contribution is 0.101. The third-order valence-electron chi connectivity index (χ3n) is 7.49. The number of ketones is 1. The molecule has 236 valence electrons. The molecular formula is C38H60ClNO2. The van der Waals surface area contributed by atoms with E-state index in [2.05, 4.69) is 111 Å². The second kappa shape index (κ2) is 24.0. The van der Waals surface area contributed by atoms with Crippen molar-refractivity contribution in [1.82, 2.24) is 4.90 Å². The number of carbonyl (C=O) groups is 1. The molecule has 0 fully saturated rings. The molecule has 0 saturated heterocycles. The fraction of sp³-hybridized carbons (Fsp3) is 0.553. The van der Waals surface area contributed by atoms with Crippen molar-refractivity contribution in [2.24, 2.45) is 11.3 Å². The Morgan fingerprint density at radius 1 is 0.976 bits per heavy atom. The Labute approximate surface area is 264 Å². The fourth-order valence-corrected chi connectivity index (χ4v) is 4.35. The number of carbonyl (C=O) groups excluding carboxylic acids is 1. The summed E-state index contributed by atoms with van der Waals surface area (Å²) in [6.07, 6.45) is 16.9. The summed E-state index contributed by atoms with van der Waals surface area (Å²) in [4.78, 5) is 13.5. The van der Waals surface area contributed by atoms with E-state index in [1.807, 2.05) is 12.1 Å². The zero-order valence-corrected chi connectivity index (χ0v) is 29.2. The van der Waals surface area contributed by atoms with Crippen molar-refractivity contribution in [3.63, 3.8) is 0 Å². The third-order valence-corrected chi connectivity index (χ3v) is 7.84. The largest absolute Gasteiger partial charge is 0.396 e. The molecule has 0 aliphatic carbocycles. The van der Waals surface area contributed by atoms with Crippen LogP contribution >= 0.6 is 11.6 Å². The van der Waals surface area contributed by atoms with Crippen molar-refractivity contribution in [3.05, 3.63) is 75.9 Å². The minimum absolute atomic E-state index is 0.0583. The van der Waals surface area contributed by atoms with Crippen molar-refractivity contribution >= 4 is 23.0 Å². The zero-order valence-electron chi connectivity index (χ0n) is 28.4. The van der Waals surface area contributed by atoms with Crippen molar-refractivity contribution in [2.75, 3.05) is 19.7 Å². The fourth-order valence-electron chi connectivity index (χ4n) is 4.09. The highest BCUT2D eigenvalue weighted by atomic mass is 35.5. The molecular weight excluding hydrogens is 538 g/mol. The molecule has 3 nitrogen and oxygen atoms in total. The van der Waals surface area contributed by atoms with Gasteiger partial charge in [-0.2, -0.15) is 0 Å². The highest BCUT2D eigenvalue weighted by molar-refractivity contribution is 6.31. The molecule has 0 saturated carbocycles. The van der Waals surface area contributed by atoms with Crippen LogP contribution in [0.4, 0.5) is 0 Å². The van der Waals surface area contributed by atoms with Crippen LogP contribution in [-0.4, -0.2) is 35.5 Å². The van der Waals surface area contributed by atoms with E-state index in [1.54, 1.807) is 13.0 Å². The van der Waals surface area contributed by atoms with Crippen LogP contribution in [0.5, 0.6) is 0 Å². The number of terminal acetylenes is 1. The first-order valence-electron chi connectivity index (χ1n) is 15.6. The Morgan fingerprint density at radius 3 is 1.88 bits per heavy atom. The van der Waals surface area contributed by atoms with Gasteiger partial charge in [0.15, 0.2) is 5.78 Å². The van der Waals surface area contributed by atoms with Crippen LogP contribution in [0.1, 0.15) is 122 Å². The lowest BCUT2D eigenvalue weighted by Gasteiger charge is -2.33. The van der Waals surface area contributed by atoms with Crippen LogP contribution in [0.2, 0.25) is 5.02 Å². The maximum atomic E-state index is 11.1. The Balaban J connectivity index is 0. The van der Waals surface area contributed by atoms with Crippen molar-refractivity contribution in [2.45, 2.75) is 108 Å². The van der Waals surface area contributed by atoms with E-state index in [4.69, 9.17) is 16.7 Å². The monoisotopic (exact) mass is 597 g/mol. The van der Waals surface area contributed by atoms with E-state index < -0.39 is 0 Å². The van der Waals surface area contributed by atoms with Gasteiger partial charge in [0.1, 0.15) is 0 Å². The number of hydrogen-bond donors (Lipinski definition) is 1. The van der Waals surface area contributed by atoms with Crippen molar-refractivity contribution in [3.8, 4) is 12.8 Å². The van der Waals surface area contributed by atoms with Gasteiger partial charge in [-0.1, -0.05) is 103 Å². The van der Waals surface area contributed by atoms with E-state index in [1.165, 1.54) is 29.5 Å². The topological polar surface area (TPSA) is 40.5 Å². The summed E-state index contributed by atoms with van der Waals surface area (Å²) in [6, 6.07) is 14.5. The van der Waals surface area contributed by atoms with Gasteiger partial charge in [0.25, 0.3) is 0 Å². The average molecular weight is 598 g/mol. The van der Waals surface area contributed by atoms with Gasteiger partial charge in [-0.15, -0.1) is 12.8 Å². The first-order chi connectivity index (χ1) is 19.9. The van der Waals surface area contributed by atoms with Gasteiger partial charge in [-0.05, 0) is 92.5 Å². The summed E-state index contributed by atoms with van der Waals surface area (Å²) >= 11 is 6.07. The Morgan fingerprint density at radius 2 is 1.52 bits per heavy atom. The molecule has 0 aromatic heterocycles. The molecule has 1 N–H and O–H groups in total. The van der Waals surface area contributed by atoms with Gasteiger partial charge in [0, 0.05) is 36.5 Å². The maximum Gasteiger partial charge on any atom is 0.159 e. The number of halogens is 1. The molecule has 0 unspecified atom stereocenters. The van der Waals surface area contributed by atoms with Gasteiger partial charge in [0.2, 0.25) is 0 Å². The Kier molecular flexibility index (Phi) is 23.7. The average Bonchev–Trinajstić information content (AvgIpc) is 2.99. The number of rotatable bonds is 13. The normalized spacial score (nSPS) is 10.9. The van der Waals surface area contributed by atoms with Crippen molar-refractivity contribution < 1.29 is 9.90 Å². The van der Waals surface area contributed by atoms with E-state index in [0.29, 0.717) is 28.5 Å². The van der Waals surface area contributed by atoms with Crippen LogP contribution in [0.25, 0.3) is 5.57 Å². The van der Waals surface area contributed by atoms with E-state index in [0.717, 1.165) is 44.3 Å². The number of unbranched alkanes of at least 4 members (excludes halogenated alkanes) is 1. The molecule has 42 heavy (non-hydrogen) atoms. The lowest BCUT2D eigenvalue weighted by atomic mass is 9.84. The Hall–Kier alpha value is -2.54. The predicted molar refractivity (Wildman–Crippen MR) is 187 cm³/mol. The summed E-state index contributed by atoms with van der Waals surface area (Å²) < 4.78 is 0. The van der Waals surface area contributed by atoms with Gasteiger partial charge in [-0.25, -0.2) is 0 Å². The van der Waals surface area contributed by atoms with Gasteiger partial charge >= 0.3 is 0 Å². The summed E-state index contributed by atoms with van der Waals surface area (Å²) in [6.45, 7) is 24.1. The molecule has 4 heteroatoms. The SMILES string of the molecule is C#C.CC(=O)c1ccc(CC(C)C)c(Cl)c1.CCCCO.CCc1ccc(/C(C)=C/N(CC)CC(C)(CC)CC)cc1. The molecule has 0 aliphatic rings. The highest BCUT2D eigenvalue weighted by Crippen LogP contribution is 2.27. The van der Waals surface area contributed by atoms with Crippen molar-refractivity contribution in [1.29, 1.82) is 0 Å². The highest BCUT2D eigenvalue weighted by Gasteiger charge is 2.21. The maximum absolute atomic E-state index is 11.1. The Bertz CT molecular complexity index is 1030. The lowest BCUT2D eigenvalue weighted by Crippen LogP contribution is -2.32. The smallest absolute Gasteiger partial charge is 0.159 e. The molecule has 2 aromatic rings. The molecule has 2 aromatic carbocycles. The van der Waals surface area contributed by atoms with Gasteiger partial charge in [-0.3, -0.25) is 4.79 Å². The summed E-state index contributed by atoms with van der Waals surface area (Å²) in [7, 11) is 0. The second-order valence-electron chi connectivity index (χ2n) is 11.5. The quantitative estimate of drug-likeness (QED) is 0.184. The van der Waals surface area contributed by atoms with Gasteiger partial charge in [0.05, 0.1) is 0 Å². The number of hydrogen-bond acceptors (Lipinski definition) is 3. The van der Waals surface area contributed by atoms with Crippen LogP contribution in [0, 0.1) is 24.2 Å². The number of benzene rings is 2. The molecule has 0 aliphatic heterocycles. The van der Waals surface area contributed by atoms with E-state index in [-0.39, 0.29) is 5.78 Å². The molecule has 2 rings (SSSR count). The minimum Gasteiger partial charge on any atom is -0.396 e. The zero-order chi connectivity index (χ0) is 32.7. The summed E-state index contributed by atoms with van der Waals surface area (Å²) in [5.41, 5.74) is 6.31. The third kappa shape index (κ3) is 17.4. The van der Waals surface area contributed by atoms with Crippen LogP contribution in [0.15, 0.2) is 48.7 Å². The molecule has 0 heterocycles. The number of Topliss-reactive ketones (excluding diaryl/α,β-unsaturated/α-hetero) is 1. The second-order valence-corrected chi connectivity index (χ2v) is 11.9. The van der Waals surface area contributed by atoms with Crippen LogP contribution in [0.3, 0.4) is 0 Å². The number of aryl methyl sites for hydroxylation is 1. The minimum atomic E-state index is 0.0583. The summed E-state index contributed by atoms with van der Waals surface area (Å²) in [5.74, 6) is 0.638. The molecule has 0 spiro atoms. The number of aliphatic hydroxyl groups is 1. The molecule has 0 atom stereocenters. The van der Waals surface area contributed by atoms with Crippen LogP contribution < -0.4 is 0 Å². The molecule has 0 bridgehead atoms.